The van der Waals surface area contributed by atoms with Gasteiger partial charge in [-0.05, 0) is 49.4 Å². The number of nitrogens with one attached hydrogen (secondary N) is 1. The Morgan fingerprint density at radius 2 is 2.11 bits per heavy atom. The van der Waals surface area contributed by atoms with Crippen LogP contribution in [0.3, 0.4) is 0 Å². The molecule has 0 saturated carbocycles. The molecule has 0 aliphatic carbocycles. The minimum absolute atomic E-state index is 0.0573. The molecule has 1 aliphatic heterocycles. The molecule has 0 aromatic heterocycles. The van der Waals surface area contributed by atoms with E-state index in [1.54, 1.807) is 6.07 Å². The summed E-state index contributed by atoms with van der Waals surface area (Å²) in [4.78, 5) is 11.8. The lowest BCUT2D eigenvalue weighted by Gasteiger charge is -2.23. The lowest BCUT2D eigenvalue weighted by Crippen LogP contribution is -2.23. The molecule has 4 heteroatoms. The molecule has 0 spiro atoms. The predicted octanol–water partition coefficient (Wildman–Crippen LogP) is 1.91. The highest BCUT2D eigenvalue weighted by atomic mass is 16.5. The molecule has 3 N–H and O–H groups in total. The lowest BCUT2D eigenvalue weighted by atomic mass is 9.90. The highest BCUT2D eigenvalue weighted by Crippen LogP contribution is 2.29. The fourth-order valence-electron chi connectivity index (χ4n) is 2.34. The van der Waals surface area contributed by atoms with Crippen molar-refractivity contribution in [3.8, 4) is 0 Å². The van der Waals surface area contributed by atoms with Crippen molar-refractivity contribution < 1.29 is 9.53 Å². The second-order valence-corrected chi connectivity index (χ2v) is 4.63. The number of benzene rings is 1. The summed E-state index contributed by atoms with van der Waals surface area (Å²) in [5, 5.41) is 2.80. The van der Waals surface area contributed by atoms with E-state index in [9.17, 15) is 4.79 Å². The third kappa shape index (κ3) is 3.01. The van der Waals surface area contributed by atoms with Crippen molar-refractivity contribution in [3.05, 3.63) is 29.3 Å². The normalized spacial score (nSPS) is 16.5. The van der Waals surface area contributed by atoms with Crippen LogP contribution in [0.5, 0.6) is 0 Å². The second kappa shape index (κ2) is 5.87. The van der Waals surface area contributed by atoms with E-state index in [4.69, 9.17) is 10.5 Å². The van der Waals surface area contributed by atoms with E-state index in [0.717, 1.165) is 31.6 Å². The van der Waals surface area contributed by atoms with E-state index in [1.165, 1.54) is 0 Å². The zero-order chi connectivity index (χ0) is 13.0. The fourth-order valence-corrected chi connectivity index (χ4v) is 2.34. The average Bonchev–Trinajstić information content (AvgIpc) is 2.39. The van der Waals surface area contributed by atoms with Crippen LogP contribution in [-0.4, -0.2) is 25.7 Å². The number of anilines is 1. The molecule has 0 bridgehead atoms. The summed E-state index contributed by atoms with van der Waals surface area (Å²) in [6.07, 6.45) is 2.00. The van der Waals surface area contributed by atoms with Gasteiger partial charge in [0.15, 0.2) is 0 Å². The number of ether oxygens (including phenoxy) is 1. The van der Waals surface area contributed by atoms with Crippen molar-refractivity contribution in [1.82, 2.24) is 5.32 Å². The van der Waals surface area contributed by atoms with Gasteiger partial charge in [-0.1, -0.05) is 0 Å². The van der Waals surface area contributed by atoms with Crippen molar-refractivity contribution in [2.24, 2.45) is 0 Å². The van der Waals surface area contributed by atoms with Crippen molar-refractivity contribution in [2.45, 2.75) is 25.7 Å². The maximum atomic E-state index is 11.8. The van der Waals surface area contributed by atoms with Gasteiger partial charge in [0.05, 0.1) is 0 Å². The summed E-state index contributed by atoms with van der Waals surface area (Å²) in [5.41, 5.74) is 8.35. The summed E-state index contributed by atoms with van der Waals surface area (Å²) >= 11 is 0. The zero-order valence-corrected chi connectivity index (χ0v) is 10.7. The van der Waals surface area contributed by atoms with Gasteiger partial charge in [0.25, 0.3) is 5.91 Å². The Hall–Kier alpha value is -1.55. The van der Waals surface area contributed by atoms with E-state index >= 15 is 0 Å². The topological polar surface area (TPSA) is 64.4 Å². The minimum Gasteiger partial charge on any atom is -0.399 e. The lowest BCUT2D eigenvalue weighted by molar-refractivity contribution is 0.0853. The largest absolute Gasteiger partial charge is 0.399 e. The van der Waals surface area contributed by atoms with Gasteiger partial charge in [0.2, 0.25) is 0 Å². The molecule has 1 saturated heterocycles. The molecular formula is C14H20N2O2. The predicted molar refractivity (Wildman–Crippen MR) is 71.7 cm³/mol. The molecule has 98 valence electrons. The molecule has 1 fully saturated rings. The van der Waals surface area contributed by atoms with Crippen molar-refractivity contribution in [2.75, 3.05) is 25.5 Å². The number of nitrogens with two attached hydrogens (primary N) is 1. The van der Waals surface area contributed by atoms with Gasteiger partial charge in [0, 0.05) is 31.0 Å². The van der Waals surface area contributed by atoms with Gasteiger partial charge in [-0.25, -0.2) is 0 Å². The third-order valence-electron chi connectivity index (χ3n) is 3.27. The molecule has 0 unspecified atom stereocenters. The van der Waals surface area contributed by atoms with E-state index < -0.39 is 0 Å². The molecule has 1 aromatic rings. The number of hydrogen-bond donors (Lipinski definition) is 2. The van der Waals surface area contributed by atoms with Crippen LogP contribution in [0.2, 0.25) is 0 Å². The van der Waals surface area contributed by atoms with E-state index in [-0.39, 0.29) is 5.91 Å². The van der Waals surface area contributed by atoms with Gasteiger partial charge >= 0.3 is 0 Å². The van der Waals surface area contributed by atoms with Crippen molar-refractivity contribution in [1.29, 1.82) is 0 Å². The molecular weight excluding hydrogens is 228 g/mol. The smallest absolute Gasteiger partial charge is 0.251 e. The summed E-state index contributed by atoms with van der Waals surface area (Å²) in [6.45, 7) is 4.11. The minimum atomic E-state index is -0.0573. The summed E-state index contributed by atoms with van der Waals surface area (Å²) in [6, 6.07) is 5.66. The highest BCUT2D eigenvalue weighted by molar-refractivity contribution is 5.95. The summed E-state index contributed by atoms with van der Waals surface area (Å²) < 4.78 is 5.36. The first-order chi connectivity index (χ1) is 8.70. The van der Waals surface area contributed by atoms with Gasteiger partial charge in [-0.2, -0.15) is 0 Å². The van der Waals surface area contributed by atoms with E-state index in [1.807, 2.05) is 19.1 Å². The van der Waals surface area contributed by atoms with Gasteiger partial charge in [-0.15, -0.1) is 0 Å². The number of carbonyl (C=O) groups excluding carboxylic acids is 1. The quantitative estimate of drug-likeness (QED) is 0.803. The van der Waals surface area contributed by atoms with Crippen LogP contribution in [0.1, 0.15) is 41.6 Å². The first-order valence-electron chi connectivity index (χ1n) is 6.47. The molecule has 0 atom stereocenters. The zero-order valence-electron chi connectivity index (χ0n) is 10.7. The van der Waals surface area contributed by atoms with Gasteiger partial charge in [0.1, 0.15) is 0 Å². The van der Waals surface area contributed by atoms with Crippen LogP contribution < -0.4 is 11.1 Å². The second-order valence-electron chi connectivity index (χ2n) is 4.63. The molecule has 1 aliphatic rings. The van der Waals surface area contributed by atoms with Crippen LogP contribution in [0.15, 0.2) is 18.2 Å². The number of rotatable bonds is 3. The maximum Gasteiger partial charge on any atom is 0.251 e. The molecule has 1 amide bonds. The van der Waals surface area contributed by atoms with E-state index in [2.05, 4.69) is 5.32 Å². The standard InChI is InChI=1S/C14H20N2O2/c1-2-16-14(17)12-7-11(8-13(15)9-12)10-3-5-18-6-4-10/h7-10H,2-6,15H2,1H3,(H,16,17). The van der Waals surface area contributed by atoms with Crippen LogP contribution >= 0.6 is 0 Å². The SMILES string of the molecule is CCNC(=O)c1cc(N)cc(C2CCOCC2)c1. The molecule has 1 heterocycles. The molecule has 2 rings (SSSR count). The average molecular weight is 248 g/mol. The Bertz CT molecular complexity index is 426. The fraction of sp³-hybridized carbons (Fsp3) is 0.500. The Morgan fingerprint density at radius 1 is 1.39 bits per heavy atom. The Kier molecular flexibility index (Phi) is 4.20. The Morgan fingerprint density at radius 3 is 2.78 bits per heavy atom. The maximum absolute atomic E-state index is 11.8. The van der Waals surface area contributed by atoms with Crippen LogP contribution in [0.4, 0.5) is 5.69 Å². The third-order valence-corrected chi connectivity index (χ3v) is 3.27. The molecule has 0 radical (unpaired) electrons. The molecule has 4 nitrogen and oxygen atoms in total. The first kappa shape index (κ1) is 12.9. The monoisotopic (exact) mass is 248 g/mol. The van der Waals surface area contributed by atoms with Gasteiger partial charge < -0.3 is 15.8 Å². The van der Waals surface area contributed by atoms with Crippen LogP contribution in [0, 0.1) is 0 Å². The molecule has 18 heavy (non-hydrogen) atoms. The summed E-state index contributed by atoms with van der Waals surface area (Å²) in [5.74, 6) is 0.397. The number of amides is 1. The van der Waals surface area contributed by atoms with Crippen LogP contribution in [0.25, 0.3) is 0 Å². The molecule has 1 aromatic carbocycles. The number of nitrogen functional groups attached to an aromatic ring is 1. The summed E-state index contributed by atoms with van der Waals surface area (Å²) in [7, 11) is 0. The van der Waals surface area contributed by atoms with E-state index in [0.29, 0.717) is 23.7 Å². The number of carbonyl (C=O) groups is 1. The van der Waals surface area contributed by atoms with Crippen molar-refractivity contribution in [3.63, 3.8) is 0 Å². The first-order valence-corrected chi connectivity index (χ1v) is 6.47. The van der Waals surface area contributed by atoms with Gasteiger partial charge in [-0.3, -0.25) is 4.79 Å². The Balaban J connectivity index is 2.22. The van der Waals surface area contributed by atoms with Crippen molar-refractivity contribution >= 4 is 11.6 Å². The highest BCUT2D eigenvalue weighted by Gasteiger charge is 2.18. The Labute approximate surface area is 108 Å². The van der Waals surface area contributed by atoms with Crippen LogP contribution in [-0.2, 0) is 4.74 Å². The number of hydrogen-bond acceptors (Lipinski definition) is 3.